The Balaban J connectivity index is 1.94. The third-order valence-electron chi connectivity index (χ3n) is 3.44. The molecule has 118 valence electrons. The summed E-state index contributed by atoms with van der Waals surface area (Å²) >= 11 is 0. The van der Waals surface area contributed by atoms with Crippen LogP contribution in [0.2, 0.25) is 0 Å². The number of carboxylic acid groups (broad SMARTS) is 1. The van der Waals surface area contributed by atoms with Gasteiger partial charge in [0.15, 0.2) is 0 Å². The molecular weight excluding hydrogens is 284 g/mol. The van der Waals surface area contributed by atoms with Gasteiger partial charge in [-0.05, 0) is 23.8 Å². The average molecular weight is 304 g/mol. The van der Waals surface area contributed by atoms with Crippen molar-refractivity contribution >= 4 is 23.6 Å². The Bertz CT molecular complexity index is 548. The van der Waals surface area contributed by atoms with E-state index in [1.807, 2.05) is 24.3 Å². The van der Waals surface area contributed by atoms with Crippen LogP contribution in [0.25, 0.3) is 6.08 Å². The Morgan fingerprint density at radius 3 is 2.50 bits per heavy atom. The van der Waals surface area contributed by atoms with Crippen molar-refractivity contribution in [2.45, 2.75) is 0 Å². The van der Waals surface area contributed by atoms with Crippen molar-refractivity contribution in [2.75, 3.05) is 44.8 Å². The van der Waals surface area contributed by atoms with Gasteiger partial charge in [0, 0.05) is 31.9 Å². The van der Waals surface area contributed by atoms with E-state index in [0.29, 0.717) is 0 Å². The molecule has 0 aromatic heterocycles. The molecule has 1 N–H and O–H groups in total. The van der Waals surface area contributed by atoms with Gasteiger partial charge >= 0.3 is 5.97 Å². The second kappa shape index (κ2) is 7.61. The number of amides is 1. The van der Waals surface area contributed by atoms with Crippen LogP contribution in [0.5, 0.6) is 0 Å². The summed E-state index contributed by atoms with van der Waals surface area (Å²) < 4.78 is 5.32. The first-order valence-corrected chi connectivity index (χ1v) is 7.14. The minimum Gasteiger partial charge on any atom is -0.480 e. The van der Waals surface area contributed by atoms with Crippen LogP contribution >= 0.6 is 0 Å². The normalized spacial score (nSPS) is 15.0. The minimum atomic E-state index is -1.03. The van der Waals surface area contributed by atoms with E-state index in [-0.39, 0.29) is 12.5 Å². The number of hydrogen-bond acceptors (Lipinski definition) is 4. The zero-order valence-corrected chi connectivity index (χ0v) is 12.6. The molecule has 1 heterocycles. The van der Waals surface area contributed by atoms with Crippen molar-refractivity contribution in [2.24, 2.45) is 0 Å². The number of ether oxygens (including phenoxy) is 1. The molecule has 1 aliphatic rings. The smallest absolute Gasteiger partial charge is 0.323 e. The first-order valence-electron chi connectivity index (χ1n) is 7.14. The number of carboxylic acids is 1. The second-order valence-corrected chi connectivity index (χ2v) is 5.11. The first kappa shape index (κ1) is 16.0. The number of carbonyl (C=O) groups excluding carboxylic acids is 1. The Kier molecular flexibility index (Phi) is 5.55. The van der Waals surface area contributed by atoms with E-state index in [4.69, 9.17) is 9.84 Å². The highest BCUT2D eigenvalue weighted by Gasteiger charge is 2.11. The van der Waals surface area contributed by atoms with Crippen molar-refractivity contribution in [3.63, 3.8) is 0 Å². The van der Waals surface area contributed by atoms with Crippen LogP contribution in [0.4, 0.5) is 5.69 Å². The predicted octanol–water partition coefficient (Wildman–Crippen LogP) is 1.08. The molecule has 1 amide bonds. The summed E-state index contributed by atoms with van der Waals surface area (Å²) in [6.07, 6.45) is 3.07. The van der Waals surface area contributed by atoms with Gasteiger partial charge in [-0.3, -0.25) is 9.59 Å². The van der Waals surface area contributed by atoms with Crippen LogP contribution in [0, 0.1) is 0 Å². The third kappa shape index (κ3) is 4.60. The number of likely N-dealkylation sites (N-methyl/N-ethyl adjacent to an activating group) is 1. The number of carbonyl (C=O) groups is 2. The Hall–Kier alpha value is -2.34. The van der Waals surface area contributed by atoms with Gasteiger partial charge < -0.3 is 19.6 Å². The molecule has 0 saturated carbocycles. The van der Waals surface area contributed by atoms with E-state index in [1.54, 1.807) is 6.08 Å². The highest BCUT2D eigenvalue weighted by molar-refractivity contribution is 5.93. The molecule has 0 aliphatic carbocycles. The molecule has 1 aliphatic heterocycles. The van der Waals surface area contributed by atoms with Gasteiger partial charge in [0.1, 0.15) is 6.54 Å². The molecule has 0 atom stereocenters. The van der Waals surface area contributed by atoms with Gasteiger partial charge in [-0.2, -0.15) is 0 Å². The number of anilines is 1. The molecule has 0 spiro atoms. The fourth-order valence-corrected chi connectivity index (χ4v) is 2.19. The number of hydrogen-bond donors (Lipinski definition) is 1. The van der Waals surface area contributed by atoms with Crippen LogP contribution in [0.3, 0.4) is 0 Å². The van der Waals surface area contributed by atoms with Gasteiger partial charge in [0.05, 0.1) is 13.2 Å². The van der Waals surface area contributed by atoms with Crippen molar-refractivity contribution < 1.29 is 19.4 Å². The first-order chi connectivity index (χ1) is 10.6. The Labute approximate surface area is 129 Å². The van der Waals surface area contributed by atoms with Crippen molar-refractivity contribution in [1.29, 1.82) is 0 Å². The summed E-state index contributed by atoms with van der Waals surface area (Å²) in [5.74, 6) is -1.36. The zero-order chi connectivity index (χ0) is 15.9. The fourth-order valence-electron chi connectivity index (χ4n) is 2.19. The maximum Gasteiger partial charge on any atom is 0.323 e. The van der Waals surface area contributed by atoms with E-state index in [1.165, 1.54) is 13.1 Å². The molecule has 2 rings (SSSR count). The SMILES string of the molecule is CN(CC(=O)O)C(=O)/C=C/c1ccc(N2CCOCC2)cc1. The Morgan fingerprint density at radius 1 is 1.27 bits per heavy atom. The van der Waals surface area contributed by atoms with Crippen LogP contribution < -0.4 is 4.90 Å². The van der Waals surface area contributed by atoms with Crippen LogP contribution in [-0.2, 0) is 14.3 Å². The van der Waals surface area contributed by atoms with Crippen LogP contribution in [0.1, 0.15) is 5.56 Å². The van der Waals surface area contributed by atoms with Gasteiger partial charge in [-0.25, -0.2) is 0 Å². The standard InChI is InChI=1S/C16H20N2O4/c1-17(12-16(20)21)15(19)7-4-13-2-5-14(6-3-13)18-8-10-22-11-9-18/h2-7H,8-12H2,1H3,(H,20,21)/b7-4+. The van der Waals surface area contributed by atoms with Crippen LogP contribution in [-0.4, -0.2) is 61.8 Å². The largest absolute Gasteiger partial charge is 0.480 e. The molecule has 0 bridgehead atoms. The predicted molar refractivity (Wildman–Crippen MR) is 83.8 cm³/mol. The molecule has 1 fully saturated rings. The lowest BCUT2D eigenvalue weighted by molar-refractivity contribution is -0.141. The number of morpholine rings is 1. The molecule has 1 saturated heterocycles. The monoisotopic (exact) mass is 304 g/mol. The quantitative estimate of drug-likeness (QED) is 0.824. The molecular formula is C16H20N2O4. The highest BCUT2D eigenvalue weighted by Crippen LogP contribution is 2.17. The van der Waals surface area contributed by atoms with Gasteiger partial charge in [-0.15, -0.1) is 0 Å². The Morgan fingerprint density at radius 2 is 1.91 bits per heavy atom. The topological polar surface area (TPSA) is 70.1 Å². The summed E-state index contributed by atoms with van der Waals surface area (Å²) in [6.45, 7) is 2.94. The highest BCUT2D eigenvalue weighted by atomic mass is 16.5. The summed E-state index contributed by atoms with van der Waals surface area (Å²) in [4.78, 5) is 25.7. The van der Waals surface area contributed by atoms with E-state index < -0.39 is 5.97 Å². The fraction of sp³-hybridized carbons (Fsp3) is 0.375. The summed E-state index contributed by atoms with van der Waals surface area (Å²) in [5, 5.41) is 8.64. The summed E-state index contributed by atoms with van der Waals surface area (Å²) in [6, 6.07) is 7.89. The third-order valence-corrected chi connectivity index (χ3v) is 3.44. The van der Waals surface area contributed by atoms with Crippen molar-refractivity contribution in [3.05, 3.63) is 35.9 Å². The summed E-state index contributed by atoms with van der Waals surface area (Å²) in [7, 11) is 1.46. The van der Waals surface area contributed by atoms with Gasteiger partial charge in [-0.1, -0.05) is 12.1 Å². The van der Waals surface area contributed by atoms with E-state index in [9.17, 15) is 9.59 Å². The lowest BCUT2D eigenvalue weighted by Crippen LogP contribution is -2.36. The molecule has 6 heteroatoms. The number of aliphatic carboxylic acids is 1. The molecule has 1 aromatic carbocycles. The van der Waals surface area contributed by atoms with Crippen LogP contribution in [0.15, 0.2) is 30.3 Å². The van der Waals surface area contributed by atoms with E-state index >= 15 is 0 Å². The van der Waals surface area contributed by atoms with Crippen molar-refractivity contribution in [1.82, 2.24) is 4.90 Å². The second-order valence-electron chi connectivity index (χ2n) is 5.11. The zero-order valence-electron chi connectivity index (χ0n) is 12.6. The number of nitrogens with zero attached hydrogens (tertiary/aromatic N) is 2. The molecule has 0 radical (unpaired) electrons. The minimum absolute atomic E-state index is 0.306. The summed E-state index contributed by atoms with van der Waals surface area (Å²) in [5.41, 5.74) is 2.03. The number of rotatable bonds is 5. The molecule has 6 nitrogen and oxygen atoms in total. The van der Waals surface area contributed by atoms with E-state index in [0.717, 1.165) is 42.5 Å². The average Bonchev–Trinajstić information content (AvgIpc) is 2.53. The molecule has 0 unspecified atom stereocenters. The maximum atomic E-state index is 11.7. The number of benzene rings is 1. The molecule has 1 aromatic rings. The maximum absolute atomic E-state index is 11.7. The lowest BCUT2D eigenvalue weighted by Gasteiger charge is -2.28. The van der Waals surface area contributed by atoms with Gasteiger partial charge in [0.2, 0.25) is 5.91 Å². The van der Waals surface area contributed by atoms with E-state index in [2.05, 4.69) is 4.90 Å². The molecule has 22 heavy (non-hydrogen) atoms. The van der Waals surface area contributed by atoms with Crippen molar-refractivity contribution in [3.8, 4) is 0 Å². The van der Waals surface area contributed by atoms with Gasteiger partial charge in [0.25, 0.3) is 0 Å². The lowest BCUT2D eigenvalue weighted by atomic mass is 10.1.